The van der Waals surface area contributed by atoms with E-state index in [1.165, 1.54) is 0 Å². The van der Waals surface area contributed by atoms with Crippen molar-refractivity contribution in [3.8, 4) is 11.8 Å². The molecule has 1 atom stereocenters. The molecular weight excluding hydrogens is 228 g/mol. The quantitative estimate of drug-likeness (QED) is 0.772. The minimum Gasteiger partial charge on any atom is -0.495 e. The van der Waals surface area contributed by atoms with E-state index in [1.807, 2.05) is 13.0 Å². The number of aliphatic hydroxyl groups is 1. The van der Waals surface area contributed by atoms with E-state index in [-0.39, 0.29) is 6.10 Å². The van der Waals surface area contributed by atoms with Crippen LogP contribution in [0.5, 0.6) is 5.75 Å². The maximum atomic E-state index is 9.58. The molecule has 4 nitrogen and oxygen atoms in total. The lowest BCUT2D eigenvalue weighted by atomic mass is 10.1. The number of methoxy groups -OCH3 is 1. The number of hydrogen-bond donors (Lipinski definition) is 2. The van der Waals surface area contributed by atoms with Gasteiger partial charge in [-0.3, -0.25) is 0 Å². The van der Waals surface area contributed by atoms with Crippen LogP contribution in [0, 0.1) is 11.3 Å². The van der Waals surface area contributed by atoms with Crippen molar-refractivity contribution in [3.05, 3.63) is 29.3 Å². The first kappa shape index (κ1) is 14.5. The Hall–Kier alpha value is -1.57. The fourth-order valence-electron chi connectivity index (χ4n) is 1.77. The molecule has 1 aromatic carbocycles. The highest BCUT2D eigenvalue weighted by molar-refractivity contribution is 5.45. The predicted octanol–water partition coefficient (Wildman–Crippen LogP) is 1.82. The lowest BCUT2D eigenvalue weighted by Crippen LogP contribution is -2.26. The summed E-state index contributed by atoms with van der Waals surface area (Å²) in [6.07, 6.45) is 1.48. The first-order chi connectivity index (χ1) is 8.71. The molecule has 0 radical (unpaired) electrons. The summed E-state index contributed by atoms with van der Waals surface area (Å²) in [6.45, 7) is 3.26. The van der Waals surface area contributed by atoms with Crippen LogP contribution in [-0.2, 0) is 6.54 Å². The Morgan fingerprint density at radius 3 is 2.89 bits per heavy atom. The molecule has 1 unspecified atom stereocenters. The van der Waals surface area contributed by atoms with Crippen LogP contribution < -0.4 is 10.1 Å². The third-order valence-corrected chi connectivity index (χ3v) is 2.72. The van der Waals surface area contributed by atoms with Gasteiger partial charge < -0.3 is 15.2 Å². The second-order valence-electron chi connectivity index (χ2n) is 4.22. The van der Waals surface area contributed by atoms with E-state index < -0.39 is 0 Å². The monoisotopic (exact) mass is 248 g/mol. The maximum absolute atomic E-state index is 9.58. The summed E-state index contributed by atoms with van der Waals surface area (Å²) in [5, 5.41) is 21.7. The van der Waals surface area contributed by atoms with Gasteiger partial charge in [0.25, 0.3) is 0 Å². The Kier molecular flexibility index (Phi) is 6.20. The molecule has 0 spiro atoms. The normalized spacial score (nSPS) is 11.9. The largest absolute Gasteiger partial charge is 0.495 e. The summed E-state index contributed by atoms with van der Waals surface area (Å²) in [4.78, 5) is 0. The highest BCUT2D eigenvalue weighted by Gasteiger charge is 2.05. The van der Waals surface area contributed by atoms with Crippen molar-refractivity contribution < 1.29 is 9.84 Å². The van der Waals surface area contributed by atoms with E-state index >= 15 is 0 Å². The van der Waals surface area contributed by atoms with E-state index in [4.69, 9.17) is 10.00 Å². The lowest BCUT2D eigenvalue weighted by Gasteiger charge is -2.11. The van der Waals surface area contributed by atoms with E-state index in [9.17, 15) is 5.11 Å². The number of nitrogens with one attached hydrogen (secondary N) is 1. The van der Waals surface area contributed by atoms with E-state index in [0.717, 1.165) is 18.4 Å². The van der Waals surface area contributed by atoms with Crippen molar-refractivity contribution in [1.29, 1.82) is 5.26 Å². The van der Waals surface area contributed by atoms with Gasteiger partial charge in [-0.15, -0.1) is 0 Å². The van der Waals surface area contributed by atoms with Gasteiger partial charge >= 0.3 is 0 Å². The standard InChI is InChI=1S/C14H20N2O2/c1-3-4-13(17)10-16-9-11-5-6-14(18-2)12(7-11)8-15/h5-7,13,16-17H,3-4,9-10H2,1-2H3. The summed E-state index contributed by atoms with van der Waals surface area (Å²) >= 11 is 0. The first-order valence-electron chi connectivity index (χ1n) is 6.17. The van der Waals surface area contributed by atoms with Crippen molar-refractivity contribution in [2.45, 2.75) is 32.4 Å². The van der Waals surface area contributed by atoms with Crippen molar-refractivity contribution in [2.75, 3.05) is 13.7 Å². The zero-order valence-electron chi connectivity index (χ0n) is 10.9. The molecule has 0 aliphatic rings. The molecule has 0 bridgehead atoms. The van der Waals surface area contributed by atoms with Gasteiger partial charge in [-0.1, -0.05) is 19.4 Å². The Balaban J connectivity index is 2.51. The summed E-state index contributed by atoms with van der Waals surface area (Å²) in [7, 11) is 1.55. The van der Waals surface area contributed by atoms with E-state index in [2.05, 4.69) is 11.4 Å². The zero-order chi connectivity index (χ0) is 13.4. The summed E-state index contributed by atoms with van der Waals surface area (Å²) in [6, 6.07) is 7.61. The number of rotatable bonds is 7. The molecule has 2 N–H and O–H groups in total. The average molecular weight is 248 g/mol. The van der Waals surface area contributed by atoms with Crippen molar-refractivity contribution in [2.24, 2.45) is 0 Å². The molecule has 0 aromatic heterocycles. The number of nitrogens with zero attached hydrogens (tertiary/aromatic N) is 1. The highest BCUT2D eigenvalue weighted by Crippen LogP contribution is 2.18. The van der Waals surface area contributed by atoms with Gasteiger partial charge in [-0.2, -0.15) is 5.26 Å². The lowest BCUT2D eigenvalue weighted by molar-refractivity contribution is 0.160. The van der Waals surface area contributed by atoms with Gasteiger partial charge in [-0.05, 0) is 24.1 Å². The molecule has 0 amide bonds. The SMILES string of the molecule is CCCC(O)CNCc1ccc(OC)c(C#N)c1. The first-order valence-corrected chi connectivity index (χ1v) is 6.17. The molecule has 0 aliphatic heterocycles. The topological polar surface area (TPSA) is 65.3 Å². The highest BCUT2D eigenvalue weighted by atomic mass is 16.5. The number of aliphatic hydroxyl groups excluding tert-OH is 1. The number of ether oxygens (including phenoxy) is 1. The van der Waals surface area contributed by atoms with Crippen LogP contribution in [0.4, 0.5) is 0 Å². The number of nitriles is 1. The summed E-state index contributed by atoms with van der Waals surface area (Å²) in [5.41, 5.74) is 1.54. The van der Waals surface area contributed by atoms with Crippen LogP contribution >= 0.6 is 0 Å². The van der Waals surface area contributed by atoms with Crippen LogP contribution in [-0.4, -0.2) is 24.9 Å². The fourth-order valence-corrected chi connectivity index (χ4v) is 1.77. The smallest absolute Gasteiger partial charge is 0.136 e. The van der Waals surface area contributed by atoms with Gasteiger partial charge in [-0.25, -0.2) is 0 Å². The van der Waals surface area contributed by atoms with Crippen molar-refractivity contribution in [3.63, 3.8) is 0 Å². The molecule has 0 aliphatic carbocycles. The Labute approximate surface area is 108 Å². The minimum atomic E-state index is -0.302. The van der Waals surface area contributed by atoms with E-state index in [1.54, 1.807) is 19.2 Å². The fraction of sp³-hybridized carbons (Fsp3) is 0.500. The minimum absolute atomic E-state index is 0.302. The second kappa shape index (κ2) is 7.70. The molecule has 18 heavy (non-hydrogen) atoms. The van der Waals surface area contributed by atoms with Crippen LogP contribution in [0.25, 0.3) is 0 Å². The third kappa shape index (κ3) is 4.36. The maximum Gasteiger partial charge on any atom is 0.136 e. The molecule has 98 valence electrons. The molecular formula is C14H20N2O2. The van der Waals surface area contributed by atoms with Gasteiger partial charge in [0.2, 0.25) is 0 Å². The van der Waals surface area contributed by atoms with Gasteiger partial charge in [0.05, 0.1) is 18.8 Å². The van der Waals surface area contributed by atoms with Crippen LogP contribution in [0.15, 0.2) is 18.2 Å². The van der Waals surface area contributed by atoms with Crippen molar-refractivity contribution >= 4 is 0 Å². The molecule has 1 rings (SSSR count). The Bertz CT molecular complexity index is 413. The Morgan fingerprint density at radius 1 is 1.50 bits per heavy atom. The van der Waals surface area contributed by atoms with E-state index in [0.29, 0.717) is 24.4 Å². The summed E-state index contributed by atoms with van der Waals surface area (Å²) in [5.74, 6) is 0.590. The average Bonchev–Trinajstić information content (AvgIpc) is 2.38. The van der Waals surface area contributed by atoms with Crippen LogP contribution in [0.2, 0.25) is 0 Å². The van der Waals surface area contributed by atoms with Crippen molar-refractivity contribution in [1.82, 2.24) is 5.32 Å². The molecule has 0 saturated heterocycles. The van der Waals surface area contributed by atoms with Crippen LogP contribution in [0.3, 0.4) is 0 Å². The van der Waals surface area contributed by atoms with Gasteiger partial charge in [0.15, 0.2) is 0 Å². The number of benzene rings is 1. The molecule has 0 fully saturated rings. The Morgan fingerprint density at radius 2 is 2.28 bits per heavy atom. The van der Waals surface area contributed by atoms with Gasteiger partial charge in [0.1, 0.15) is 11.8 Å². The molecule has 0 heterocycles. The second-order valence-corrected chi connectivity index (χ2v) is 4.22. The predicted molar refractivity (Wildman–Crippen MR) is 70.3 cm³/mol. The molecule has 4 heteroatoms. The molecule has 0 saturated carbocycles. The van der Waals surface area contributed by atoms with Crippen LogP contribution in [0.1, 0.15) is 30.9 Å². The van der Waals surface area contributed by atoms with Gasteiger partial charge in [0, 0.05) is 13.1 Å². The third-order valence-electron chi connectivity index (χ3n) is 2.72. The number of hydrogen-bond acceptors (Lipinski definition) is 4. The summed E-state index contributed by atoms with van der Waals surface area (Å²) < 4.78 is 5.08. The molecule has 1 aromatic rings. The zero-order valence-corrected chi connectivity index (χ0v) is 10.9.